The first-order valence-electron chi connectivity index (χ1n) is 9.06. The first-order chi connectivity index (χ1) is 12.3. The zero-order valence-electron chi connectivity index (χ0n) is 16.5. The molecule has 0 unspecified atom stereocenters. The molecule has 0 bridgehead atoms. The molecular formula is C23H27Cl2Zr-. The van der Waals surface area contributed by atoms with E-state index < -0.39 is 20.8 Å². The normalized spacial score (nSPS) is 11.0. The number of benzene rings is 2. The molecule has 0 aliphatic carbocycles. The van der Waals surface area contributed by atoms with Gasteiger partial charge in [0.1, 0.15) is 0 Å². The third kappa shape index (κ3) is 5.06. The van der Waals surface area contributed by atoms with Gasteiger partial charge < -0.3 is 0 Å². The first kappa shape index (κ1) is 21.8. The summed E-state index contributed by atoms with van der Waals surface area (Å²) in [5, 5.41) is 2.74. The van der Waals surface area contributed by atoms with E-state index in [1.807, 2.05) is 0 Å². The van der Waals surface area contributed by atoms with Gasteiger partial charge in [-0.3, -0.25) is 0 Å². The van der Waals surface area contributed by atoms with Crippen LogP contribution >= 0.6 is 17.0 Å². The second-order valence-corrected chi connectivity index (χ2v) is 11.3. The van der Waals surface area contributed by atoms with Gasteiger partial charge in [-0.2, -0.15) is 6.07 Å². The summed E-state index contributed by atoms with van der Waals surface area (Å²) < 4.78 is 0. The molecule has 3 aromatic carbocycles. The van der Waals surface area contributed by atoms with Crippen molar-refractivity contribution in [2.75, 3.05) is 0 Å². The standard InChI is InChI=1S/C23H27.2ClH.Zr/c1-14(2)19-11-20(15(3)4)13-21(12-19)23-17(6)7-8-18-9-16(5)10-22(18)23;;;/h7-15H,1-6H3;2*1H;/q-1;;;+2/p-2. The van der Waals surface area contributed by atoms with Crippen molar-refractivity contribution in [1.29, 1.82) is 0 Å². The van der Waals surface area contributed by atoms with E-state index >= 15 is 0 Å². The van der Waals surface area contributed by atoms with Gasteiger partial charge >= 0.3 is 37.9 Å². The van der Waals surface area contributed by atoms with E-state index in [-0.39, 0.29) is 0 Å². The molecule has 0 saturated carbocycles. The molecule has 3 rings (SSSR count). The van der Waals surface area contributed by atoms with Crippen molar-refractivity contribution < 1.29 is 20.8 Å². The summed E-state index contributed by atoms with van der Waals surface area (Å²) in [6, 6.07) is 16.3. The van der Waals surface area contributed by atoms with Gasteiger partial charge in [-0.05, 0) is 35.4 Å². The monoisotopic (exact) mass is 463 g/mol. The number of hydrogen-bond donors (Lipinski definition) is 0. The van der Waals surface area contributed by atoms with Crippen LogP contribution in [0.3, 0.4) is 0 Å². The van der Waals surface area contributed by atoms with Crippen LogP contribution in [0.25, 0.3) is 21.9 Å². The number of hydrogen-bond acceptors (Lipinski definition) is 0. The van der Waals surface area contributed by atoms with Gasteiger partial charge in [0.2, 0.25) is 0 Å². The molecule has 0 atom stereocenters. The van der Waals surface area contributed by atoms with Gasteiger partial charge in [-0.15, -0.1) is 34.5 Å². The Bertz CT molecular complexity index is 849. The van der Waals surface area contributed by atoms with Crippen molar-refractivity contribution in [1.82, 2.24) is 0 Å². The number of halogens is 2. The molecule has 0 aliphatic rings. The zero-order valence-corrected chi connectivity index (χ0v) is 20.4. The van der Waals surface area contributed by atoms with Crippen LogP contribution in [0.5, 0.6) is 0 Å². The third-order valence-corrected chi connectivity index (χ3v) is 4.84. The second-order valence-electron chi connectivity index (χ2n) is 7.56. The molecule has 0 spiro atoms. The third-order valence-electron chi connectivity index (χ3n) is 4.84. The van der Waals surface area contributed by atoms with Crippen molar-refractivity contribution in [3.8, 4) is 11.1 Å². The van der Waals surface area contributed by atoms with Gasteiger partial charge in [0, 0.05) is 0 Å². The molecule has 0 aliphatic heterocycles. The van der Waals surface area contributed by atoms with Gasteiger partial charge in [0.15, 0.2) is 0 Å². The second kappa shape index (κ2) is 9.63. The topological polar surface area (TPSA) is 0 Å². The molecule has 0 heterocycles. The Hall–Kier alpha value is -0.487. The van der Waals surface area contributed by atoms with Gasteiger partial charge in [-0.1, -0.05) is 63.9 Å². The maximum absolute atomic E-state index is 4.93. The van der Waals surface area contributed by atoms with Gasteiger partial charge in [0.25, 0.3) is 0 Å². The van der Waals surface area contributed by atoms with Crippen molar-refractivity contribution in [2.45, 2.75) is 53.4 Å². The fraction of sp³-hybridized carbons (Fsp3) is 0.348. The van der Waals surface area contributed by atoms with Crippen LogP contribution in [0.1, 0.15) is 61.8 Å². The van der Waals surface area contributed by atoms with Crippen LogP contribution in [0.2, 0.25) is 0 Å². The summed E-state index contributed by atoms with van der Waals surface area (Å²) in [7, 11) is 9.87. The van der Waals surface area contributed by atoms with Crippen LogP contribution in [-0.4, -0.2) is 0 Å². The van der Waals surface area contributed by atoms with Crippen molar-refractivity contribution in [3.05, 3.63) is 64.7 Å². The summed E-state index contributed by atoms with van der Waals surface area (Å²) in [6.45, 7) is 13.5. The summed E-state index contributed by atoms with van der Waals surface area (Å²) in [5.74, 6) is 1.10. The minimum atomic E-state index is -0.826. The number of aryl methyl sites for hydroxylation is 2. The summed E-state index contributed by atoms with van der Waals surface area (Å²) in [4.78, 5) is 0. The van der Waals surface area contributed by atoms with Crippen molar-refractivity contribution in [2.24, 2.45) is 0 Å². The minimum absolute atomic E-state index is 0.549. The molecule has 0 nitrogen and oxygen atoms in total. The zero-order chi connectivity index (χ0) is 19.4. The fourth-order valence-corrected chi connectivity index (χ4v) is 3.41. The molecule has 26 heavy (non-hydrogen) atoms. The van der Waals surface area contributed by atoms with Crippen LogP contribution < -0.4 is 0 Å². The van der Waals surface area contributed by atoms with Crippen LogP contribution in [0.4, 0.5) is 0 Å². The molecule has 138 valence electrons. The van der Waals surface area contributed by atoms with E-state index in [2.05, 4.69) is 84.0 Å². The Morgan fingerprint density at radius 2 is 1.38 bits per heavy atom. The SMILES string of the molecule is Cc1cc2c(-c3cc(C(C)C)cc(C(C)C)c3)c(C)ccc2[cH-]1.[Cl][Zr][Cl]. The quantitative estimate of drug-likeness (QED) is 0.340. The Morgan fingerprint density at radius 3 is 1.88 bits per heavy atom. The molecule has 0 radical (unpaired) electrons. The Kier molecular flexibility index (Phi) is 8.08. The van der Waals surface area contributed by atoms with E-state index in [9.17, 15) is 0 Å². The van der Waals surface area contributed by atoms with Crippen LogP contribution in [-0.2, 0) is 20.8 Å². The van der Waals surface area contributed by atoms with E-state index in [0.29, 0.717) is 11.8 Å². The molecule has 0 fully saturated rings. The molecular weight excluding hydrogens is 438 g/mol. The summed E-state index contributed by atoms with van der Waals surface area (Å²) in [6.07, 6.45) is 0. The molecule has 0 saturated heterocycles. The van der Waals surface area contributed by atoms with Crippen LogP contribution in [0.15, 0.2) is 42.5 Å². The Labute approximate surface area is 176 Å². The summed E-state index contributed by atoms with van der Waals surface area (Å²) in [5.41, 5.74) is 8.35. The Balaban J connectivity index is 0.000000758. The van der Waals surface area contributed by atoms with E-state index in [1.54, 1.807) is 0 Å². The number of rotatable bonds is 3. The van der Waals surface area contributed by atoms with Crippen molar-refractivity contribution >= 4 is 27.8 Å². The predicted molar refractivity (Wildman–Crippen MR) is 114 cm³/mol. The Morgan fingerprint density at radius 1 is 0.846 bits per heavy atom. The average Bonchev–Trinajstić information content (AvgIpc) is 2.95. The fourth-order valence-electron chi connectivity index (χ4n) is 3.41. The molecule has 0 amide bonds. The predicted octanol–water partition coefficient (Wildman–Crippen LogP) is 8.47. The average molecular weight is 466 g/mol. The van der Waals surface area contributed by atoms with Gasteiger partial charge in [0.05, 0.1) is 0 Å². The maximum atomic E-state index is 4.93. The molecule has 0 N–H and O–H groups in total. The first-order valence-corrected chi connectivity index (χ1v) is 15.4. The van der Waals surface area contributed by atoms with E-state index in [1.165, 1.54) is 44.2 Å². The molecule has 3 aromatic rings. The molecule has 3 heteroatoms. The summed E-state index contributed by atoms with van der Waals surface area (Å²) >= 11 is -0.826. The van der Waals surface area contributed by atoms with E-state index in [4.69, 9.17) is 17.0 Å². The van der Waals surface area contributed by atoms with Crippen molar-refractivity contribution in [3.63, 3.8) is 0 Å². The van der Waals surface area contributed by atoms with Crippen LogP contribution in [0, 0.1) is 13.8 Å². The van der Waals surface area contributed by atoms with E-state index in [0.717, 1.165) is 0 Å². The number of fused-ring (bicyclic) bond motifs is 1. The van der Waals surface area contributed by atoms with Gasteiger partial charge in [-0.25, -0.2) is 0 Å². The molecule has 0 aromatic heterocycles.